The summed E-state index contributed by atoms with van der Waals surface area (Å²) in [6.07, 6.45) is 6.35. The Bertz CT molecular complexity index is 555. The van der Waals surface area contributed by atoms with Gasteiger partial charge >= 0.3 is 0 Å². The Morgan fingerprint density at radius 3 is 2.40 bits per heavy atom. The molecule has 1 heterocycles. The van der Waals surface area contributed by atoms with Crippen molar-refractivity contribution >= 4 is 5.96 Å². The fourth-order valence-electron chi connectivity index (χ4n) is 3.77. The molecule has 0 amide bonds. The monoisotopic (exact) mass is 342 g/mol. The molecule has 1 aliphatic carbocycles. The number of guanidine groups is 1. The summed E-state index contributed by atoms with van der Waals surface area (Å²) in [5, 5.41) is 7.18. The molecule has 0 bridgehead atoms. The van der Waals surface area contributed by atoms with E-state index in [0.29, 0.717) is 6.04 Å². The normalized spacial score (nSPS) is 20.5. The third kappa shape index (κ3) is 5.74. The number of nitrogens with zero attached hydrogens (tertiary/aromatic N) is 2. The maximum Gasteiger partial charge on any atom is 0.191 e. The molecule has 3 rings (SSSR count). The van der Waals surface area contributed by atoms with Crippen LogP contribution in [-0.2, 0) is 6.42 Å². The minimum Gasteiger partial charge on any atom is -0.356 e. The molecule has 1 saturated carbocycles. The van der Waals surface area contributed by atoms with Crippen molar-refractivity contribution in [2.45, 2.75) is 58.0 Å². The molecular weight excluding hydrogens is 308 g/mol. The van der Waals surface area contributed by atoms with Gasteiger partial charge in [-0.05, 0) is 43.1 Å². The summed E-state index contributed by atoms with van der Waals surface area (Å²) in [7, 11) is 1.87. The lowest BCUT2D eigenvalue weighted by Crippen LogP contribution is -2.50. The lowest BCUT2D eigenvalue weighted by molar-refractivity contribution is 0.197. The van der Waals surface area contributed by atoms with E-state index in [1.54, 1.807) is 0 Å². The van der Waals surface area contributed by atoms with Crippen LogP contribution < -0.4 is 10.6 Å². The van der Waals surface area contributed by atoms with Crippen molar-refractivity contribution in [2.75, 3.05) is 26.7 Å². The molecule has 1 aromatic carbocycles. The quantitative estimate of drug-likeness (QED) is 0.616. The molecule has 0 atom stereocenters. The average Bonchev–Trinajstić information content (AvgIpc) is 3.45. The standard InChI is InChI=1S/C21H34N4/c1-21(2,15-17-7-5-4-6-8-17)16-23-20(22-3)24-18-11-13-25(14-12-18)19-9-10-19/h4-8,18-19H,9-16H2,1-3H3,(H2,22,23,24). The van der Waals surface area contributed by atoms with Crippen LogP contribution in [0.4, 0.5) is 0 Å². The number of likely N-dealkylation sites (tertiary alicyclic amines) is 1. The smallest absolute Gasteiger partial charge is 0.191 e. The first-order chi connectivity index (χ1) is 12.1. The van der Waals surface area contributed by atoms with Crippen LogP contribution in [0.3, 0.4) is 0 Å². The lowest BCUT2D eigenvalue weighted by Gasteiger charge is -2.33. The van der Waals surface area contributed by atoms with Gasteiger partial charge in [-0.15, -0.1) is 0 Å². The van der Waals surface area contributed by atoms with Crippen LogP contribution in [0, 0.1) is 5.41 Å². The molecule has 2 aliphatic rings. The van der Waals surface area contributed by atoms with Gasteiger partial charge < -0.3 is 15.5 Å². The number of piperidine rings is 1. The Labute approximate surface area is 153 Å². The number of rotatable bonds is 6. The summed E-state index contributed by atoms with van der Waals surface area (Å²) in [5.41, 5.74) is 1.58. The highest BCUT2D eigenvalue weighted by atomic mass is 15.2. The fourth-order valence-corrected chi connectivity index (χ4v) is 3.77. The fraction of sp³-hybridized carbons (Fsp3) is 0.667. The van der Waals surface area contributed by atoms with Crippen LogP contribution in [0.1, 0.15) is 45.1 Å². The SMILES string of the molecule is CN=C(NCC(C)(C)Cc1ccccc1)NC1CCN(C2CC2)CC1. The van der Waals surface area contributed by atoms with E-state index in [1.165, 1.54) is 44.3 Å². The number of benzene rings is 1. The molecule has 4 heteroatoms. The second-order valence-electron chi connectivity index (χ2n) is 8.44. The summed E-state index contributed by atoms with van der Waals surface area (Å²) in [6, 6.07) is 12.2. The molecule has 25 heavy (non-hydrogen) atoms. The van der Waals surface area contributed by atoms with E-state index in [0.717, 1.165) is 25.0 Å². The number of nitrogens with one attached hydrogen (secondary N) is 2. The van der Waals surface area contributed by atoms with Crippen molar-refractivity contribution in [1.82, 2.24) is 15.5 Å². The first-order valence-corrected chi connectivity index (χ1v) is 9.81. The second-order valence-corrected chi connectivity index (χ2v) is 8.44. The summed E-state index contributed by atoms with van der Waals surface area (Å²) in [6.45, 7) is 8.02. The van der Waals surface area contributed by atoms with Crippen LogP contribution in [0.25, 0.3) is 0 Å². The maximum atomic E-state index is 4.44. The first kappa shape index (κ1) is 18.2. The zero-order valence-corrected chi connectivity index (χ0v) is 16.1. The third-order valence-electron chi connectivity index (χ3n) is 5.42. The topological polar surface area (TPSA) is 39.7 Å². The molecule has 4 nitrogen and oxygen atoms in total. The van der Waals surface area contributed by atoms with Gasteiger partial charge in [0.15, 0.2) is 5.96 Å². The Balaban J connectivity index is 1.42. The van der Waals surface area contributed by atoms with Gasteiger partial charge in [-0.25, -0.2) is 0 Å². The maximum absolute atomic E-state index is 4.44. The summed E-state index contributed by atoms with van der Waals surface area (Å²) >= 11 is 0. The van der Waals surface area contributed by atoms with E-state index in [-0.39, 0.29) is 5.41 Å². The highest BCUT2D eigenvalue weighted by Crippen LogP contribution is 2.29. The van der Waals surface area contributed by atoms with Crippen molar-refractivity contribution in [2.24, 2.45) is 10.4 Å². The Kier molecular flexibility index (Phi) is 6.00. The Hall–Kier alpha value is -1.55. The highest BCUT2D eigenvalue weighted by Gasteiger charge is 2.32. The van der Waals surface area contributed by atoms with Crippen LogP contribution in [-0.4, -0.2) is 49.6 Å². The van der Waals surface area contributed by atoms with E-state index in [4.69, 9.17) is 0 Å². The van der Waals surface area contributed by atoms with E-state index in [2.05, 4.69) is 64.7 Å². The van der Waals surface area contributed by atoms with E-state index in [1.807, 2.05) is 7.05 Å². The van der Waals surface area contributed by atoms with E-state index >= 15 is 0 Å². The molecule has 138 valence electrons. The lowest BCUT2D eigenvalue weighted by atomic mass is 9.86. The van der Waals surface area contributed by atoms with Gasteiger partial charge in [-0.3, -0.25) is 4.99 Å². The van der Waals surface area contributed by atoms with Crippen molar-refractivity contribution < 1.29 is 0 Å². The van der Waals surface area contributed by atoms with Gasteiger partial charge in [0, 0.05) is 38.8 Å². The second kappa shape index (κ2) is 8.22. The first-order valence-electron chi connectivity index (χ1n) is 9.81. The molecular formula is C21H34N4. The number of hydrogen-bond acceptors (Lipinski definition) is 2. The average molecular weight is 343 g/mol. The third-order valence-corrected chi connectivity index (χ3v) is 5.42. The molecule has 2 N–H and O–H groups in total. The molecule has 1 aliphatic heterocycles. The largest absolute Gasteiger partial charge is 0.356 e. The zero-order valence-electron chi connectivity index (χ0n) is 16.1. The van der Waals surface area contributed by atoms with Gasteiger partial charge in [-0.2, -0.15) is 0 Å². The molecule has 0 radical (unpaired) electrons. The number of aliphatic imine (C=N–C) groups is 1. The summed E-state index contributed by atoms with van der Waals surface area (Å²) < 4.78 is 0. The Morgan fingerprint density at radius 1 is 1.12 bits per heavy atom. The predicted octanol–water partition coefficient (Wildman–Crippen LogP) is 3.05. The van der Waals surface area contributed by atoms with Gasteiger partial charge in [0.25, 0.3) is 0 Å². The Morgan fingerprint density at radius 2 is 1.80 bits per heavy atom. The molecule has 1 aromatic rings. The zero-order chi connectivity index (χ0) is 17.7. The predicted molar refractivity (Wildman–Crippen MR) is 106 cm³/mol. The van der Waals surface area contributed by atoms with Crippen molar-refractivity contribution in [1.29, 1.82) is 0 Å². The summed E-state index contributed by atoms with van der Waals surface area (Å²) in [4.78, 5) is 7.10. The van der Waals surface area contributed by atoms with Crippen LogP contribution in [0.5, 0.6) is 0 Å². The minimum atomic E-state index is 0.189. The molecule has 0 aromatic heterocycles. The van der Waals surface area contributed by atoms with Gasteiger partial charge in [0.1, 0.15) is 0 Å². The van der Waals surface area contributed by atoms with Crippen LogP contribution in [0.15, 0.2) is 35.3 Å². The van der Waals surface area contributed by atoms with Gasteiger partial charge in [-0.1, -0.05) is 44.2 Å². The van der Waals surface area contributed by atoms with Gasteiger partial charge in [0.2, 0.25) is 0 Å². The highest BCUT2D eigenvalue weighted by molar-refractivity contribution is 5.80. The van der Waals surface area contributed by atoms with Crippen molar-refractivity contribution in [3.8, 4) is 0 Å². The summed E-state index contributed by atoms with van der Waals surface area (Å²) in [5.74, 6) is 0.950. The van der Waals surface area contributed by atoms with Crippen LogP contribution in [0.2, 0.25) is 0 Å². The molecule has 0 spiro atoms. The van der Waals surface area contributed by atoms with Crippen LogP contribution >= 0.6 is 0 Å². The molecule has 0 unspecified atom stereocenters. The van der Waals surface area contributed by atoms with E-state index < -0.39 is 0 Å². The molecule has 1 saturated heterocycles. The minimum absolute atomic E-state index is 0.189. The number of hydrogen-bond donors (Lipinski definition) is 2. The molecule has 2 fully saturated rings. The van der Waals surface area contributed by atoms with Crippen molar-refractivity contribution in [3.05, 3.63) is 35.9 Å². The van der Waals surface area contributed by atoms with Crippen molar-refractivity contribution in [3.63, 3.8) is 0 Å². The van der Waals surface area contributed by atoms with Gasteiger partial charge in [0.05, 0.1) is 0 Å². The van der Waals surface area contributed by atoms with E-state index in [9.17, 15) is 0 Å².